The summed E-state index contributed by atoms with van der Waals surface area (Å²) in [6.45, 7) is 9.52. The highest BCUT2D eigenvalue weighted by molar-refractivity contribution is 5.71. The third kappa shape index (κ3) is 6.33. The van der Waals surface area contributed by atoms with Crippen molar-refractivity contribution in [2.24, 2.45) is 0 Å². The van der Waals surface area contributed by atoms with Gasteiger partial charge in [0.2, 0.25) is 0 Å². The highest BCUT2D eigenvalue weighted by Gasteiger charge is 2.18. The Bertz CT molecular complexity index is 236. The van der Waals surface area contributed by atoms with Gasteiger partial charge in [0.05, 0.1) is 25.9 Å². The van der Waals surface area contributed by atoms with Crippen LogP contribution in [-0.2, 0) is 14.3 Å². The summed E-state index contributed by atoms with van der Waals surface area (Å²) in [5.41, 5.74) is 0. The van der Waals surface area contributed by atoms with Gasteiger partial charge < -0.3 is 14.8 Å². The second kappa shape index (κ2) is 9.30. The number of likely N-dealkylation sites (N-methyl/N-ethyl adjacent to an activating group) is 1. The molecule has 1 atom stereocenters. The molecule has 1 aliphatic rings. The quantitative estimate of drug-likeness (QED) is 0.511. The van der Waals surface area contributed by atoms with E-state index in [-0.39, 0.29) is 18.6 Å². The number of unbranched alkanes of at least 4 members (excludes halogenated alkanes) is 1. The van der Waals surface area contributed by atoms with Crippen molar-refractivity contribution < 1.29 is 14.3 Å². The van der Waals surface area contributed by atoms with Crippen molar-refractivity contribution in [3.63, 3.8) is 0 Å². The van der Waals surface area contributed by atoms with Crippen molar-refractivity contribution in [2.75, 3.05) is 45.9 Å². The molecular weight excluding hydrogens is 232 g/mol. The topological polar surface area (TPSA) is 50.8 Å². The average Bonchev–Trinajstić information content (AvgIpc) is 2.39. The maximum atomic E-state index is 11.3. The lowest BCUT2D eigenvalue weighted by molar-refractivity contribution is -0.142. The Balaban J connectivity index is 2.04. The number of carbonyl (C=O) groups is 1. The van der Waals surface area contributed by atoms with Crippen LogP contribution in [0.15, 0.2) is 0 Å². The zero-order valence-corrected chi connectivity index (χ0v) is 11.6. The largest absolute Gasteiger partial charge is 0.465 e. The molecule has 1 fully saturated rings. The van der Waals surface area contributed by atoms with Gasteiger partial charge in [0, 0.05) is 19.6 Å². The van der Waals surface area contributed by atoms with E-state index >= 15 is 0 Å². The minimum Gasteiger partial charge on any atom is -0.465 e. The predicted molar refractivity (Wildman–Crippen MR) is 70.6 cm³/mol. The number of hydrogen-bond donors (Lipinski definition) is 1. The van der Waals surface area contributed by atoms with Gasteiger partial charge in [0.1, 0.15) is 0 Å². The first-order valence-electron chi connectivity index (χ1n) is 6.96. The maximum Gasteiger partial charge on any atom is 0.319 e. The van der Waals surface area contributed by atoms with Crippen LogP contribution >= 0.6 is 0 Å². The van der Waals surface area contributed by atoms with E-state index in [9.17, 15) is 4.79 Å². The van der Waals surface area contributed by atoms with Gasteiger partial charge in [-0.25, -0.2) is 0 Å². The van der Waals surface area contributed by atoms with Crippen LogP contribution in [0.4, 0.5) is 0 Å². The van der Waals surface area contributed by atoms with E-state index in [1.165, 1.54) is 0 Å². The number of hydrogen-bond acceptors (Lipinski definition) is 5. The number of morpholine rings is 1. The normalized spacial score (nSPS) is 20.9. The molecule has 0 aromatic rings. The molecule has 1 rings (SSSR count). The molecule has 1 aliphatic heterocycles. The minimum absolute atomic E-state index is 0.174. The van der Waals surface area contributed by atoms with Gasteiger partial charge >= 0.3 is 5.97 Å². The van der Waals surface area contributed by atoms with Gasteiger partial charge in [-0.15, -0.1) is 0 Å². The Labute approximate surface area is 110 Å². The average molecular weight is 258 g/mol. The number of esters is 1. The van der Waals surface area contributed by atoms with Crippen molar-refractivity contribution in [3.8, 4) is 0 Å². The molecule has 0 aromatic carbocycles. The van der Waals surface area contributed by atoms with Crippen LogP contribution in [0.2, 0.25) is 0 Å². The third-order valence-electron chi connectivity index (χ3n) is 3.07. The summed E-state index contributed by atoms with van der Waals surface area (Å²) < 4.78 is 10.7. The van der Waals surface area contributed by atoms with Gasteiger partial charge in [0.15, 0.2) is 0 Å². The van der Waals surface area contributed by atoms with Crippen LogP contribution < -0.4 is 5.32 Å². The maximum absolute atomic E-state index is 11.3. The molecule has 5 heteroatoms. The van der Waals surface area contributed by atoms with E-state index in [4.69, 9.17) is 9.47 Å². The molecule has 1 unspecified atom stereocenters. The van der Waals surface area contributed by atoms with Gasteiger partial charge in [-0.1, -0.05) is 20.3 Å². The molecule has 1 heterocycles. The first-order valence-corrected chi connectivity index (χ1v) is 6.96. The Morgan fingerprint density at radius 3 is 3.06 bits per heavy atom. The van der Waals surface area contributed by atoms with Gasteiger partial charge in [-0.2, -0.15) is 0 Å². The van der Waals surface area contributed by atoms with Crippen molar-refractivity contribution >= 4 is 5.97 Å². The molecule has 18 heavy (non-hydrogen) atoms. The molecule has 1 N–H and O–H groups in total. The minimum atomic E-state index is -0.174. The number of nitrogens with zero attached hydrogens (tertiary/aromatic N) is 1. The molecule has 0 bridgehead atoms. The smallest absolute Gasteiger partial charge is 0.319 e. The van der Waals surface area contributed by atoms with Crippen molar-refractivity contribution in [3.05, 3.63) is 0 Å². The molecule has 106 valence electrons. The highest BCUT2D eigenvalue weighted by atomic mass is 16.5. The second-order valence-electron chi connectivity index (χ2n) is 4.59. The lowest BCUT2D eigenvalue weighted by atomic mass is 10.2. The van der Waals surface area contributed by atoms with Crippen LogP contribution in [0.5, 0.6) is 0 Å². The van der Waals surface area contributed by atoms with E-state index < -0.39 is 0 Å². The van der Waals surface area contributed by atoms with Crippen LogP contribution in [0.25, 0.3) is 0 Å². The fourth-order valence-electron chi connectivity index (χ4n) is 1.91. The SMILES string of the molecule is CCCCOC(=O)CNCC1CN(CC)CCO1. The van der Waals surface area contributed by atoms with E-state index in [1.807, 2.05) is 0 Å². The van der Waals surface area contributed by atoms with Crippen LogP contribution in [0.1, 0.15) is 26.7 Å². The Hall–Kier alpha value is -0.650. The fourth-order valence-corrected chi connectivity index (χ4v) is 1.91. The monoisotopic (exact) mass is 258 g/mol. The zero-order valence-electron chi connectivity index (χ0n) is 11.6. The predicted octanol–water partition coefficient (Wildman–Crippen LogP) is 0.640. The van der Waals surface area contributed by atoms with Gasteiger partial charge in [-0.3, -0.25) is 9.69 Å². The Morgan fingerprint density at radius 2 is 2.33 bits per heavy atom. The molecule has 0 amide bonds. The summed E-state index contributed by atoms with van der Waals surface area (Å²) in [6, 6.07) is 0. The highest BCUT2D eigenvalue weighted by Crippen LogP contribution is 2.03. The Morgan fingerprint density at radius 1 is 1.50 bits per heavy atom. The van der Waals surface area contributed by atoms with Crippen LogP contribution in [0.3, 0.4) is 0 Å². The lowest BCUT2D eigenvalue weighted by Crippen LogP contribution is -2.47. The standard InChI is InChI=1S/C13H26N2O3/c1-3-5-7-18-13(16)10-14-9-12-11-15(4-2)6-8-17-12/h12,14H,3-11H2,1-2H3. The summed E-state index contributed by atoms with van der Waals surface area (Å²) in [7, 11) is 0. The van der Waals surface area contributed by atoms with Gasteiger partial charge in [0.25, 0.3) is 0 Å². The summed E-state index contributed by atoms with van der Waals surface area (Å²) >= 11 is 0. The van der Waals surface area contributed by atoms with E-state index in [0.29, 0.717) is 13.2 Å². The first-order chi connectivity index (χ1) is 8.76. The van der Waals surface area contributed by atoms with E-state index in [1.54, 1.807) is 0 Å². The van der Waals surface area contributed by atoms with E-state index in [0.717, 1.165) is 39.1 Å². The molecule has 5 nitrogen and oxygen atoms in total. The van der Waals surface area contributed by atoms with Gasteiger partial charge in [-0.05, 0) is 13.0 Å². The summed E-state index contributed by atoms with van der Waals surface area (Å²) in [6.07, 6.45) is 2.16. The molecule has 0 saturated carbocycles. The number of nitrogens with one attached hydrogen (secondary N) is 1. The fraction of sp³-hybridized carbons (Fsp3) is 0.923. The first kappa shape index (κ1) is 15.4. The molecule has 0 aliphatic carbocycles. The molecule has 0 radical (unpaired) electrons. The van der Waals surface area contributed by atoms with Crippen LogP contribution in [0, 0.1) is 0 Å². The van der Waals surface area contributed by atoms with Crippen LogP contribution in [-0.4, -0.2) is 62.9 Å². The van der Waals surface area contributed by atoms with Crippen molar-refractivity contribution in [2.45, 2.75) is 32.8 Å². The summed E-state index contributed by atoms with van der Waals surface area (Å²) in [4.78, 5) is 13.7. The van der Waals surface area contributed by atoms with Crippen molar-refractivity contribution in [1.29, 1.82) is 0 Å². The molecule has 0 aromatic heterocycles. The summed E-state index contributed by atoms with van der Waals surface area (Å²) in [5, 5.41) is 3.10. The zero-order chi connectivity index (χ0) is 13.2. The summed E-state index contributed by atoms with van der Waals surface area (Å²) in [5.74, 6) is -0.174. The Kier molecular flexibility index (Phi) is 7.96. The van der Waals surface area contributed by atoms with E-state index in [2.05, 4.69) is 24.1 Å². The second-order valence-corrected chi connectivity index (χ2v) is 4.59. The molecule has 0 spiro atoms. The number of carbonyl (C=O) groups excluding carboxylic acids is 1. The lowest BCUT2D eigenvalue weighted by Gasteiger charge is -2.32. The molecule has 1 saturated heterocycles. The third-order valence-corrected chi connectivity index (χ3v) is 3.07. The molecular formula is C13H26N2O3. The number of ether oxygens (including phenoxy) is 2. The number of rotatable bonds is 8. The van der Waals surface area contributed by atoms with Crippen molar-refractivity contribution in [1.82, 2.24) is 10.2 Å².